The summed E-state index contributed by atoms with van der Waals surface area (Å²) in [7, 11) is 0. The number of fused-ring (bicyclic) bond motifs is 1. The number of allylic oxidation sites excluding steroid dienone is 3. The lowest BCUT2D eigenvalue weighted by molar-refractivity contribution is 0.269. The van der Waals surface area contributed by atoms with E-state index >= 15 is 0 Å². The number of rotatable bonds is 8. The van der Waals surface area contributed by atoms with Crippen LogP contribution in [0.15, 0.2) is 28.4 Å². The molecule has 4 nitrogen and oxygen atoms in total. The summed E-state index contributed by atoms with van der Waals surface area (Å²) in [6.45, 7) is 5.26. The molecule has 0 aromatic heterocycles. The molecule has 0 amide bonds. The zero-order valence-electron chi connectivity index (χ0n) is 15.6. The highest BCUT2D eigenvalue weighted by Gasteiger charge is 2.39. The van der Waals surface area contributed by atoms with Crippen molar-refractivity contribution in [2.24, 2.45) is 22.7 Å². The summed E-state index contributed by atoms with van der Waals surface area (Å²) >= 11 is 1.74. The Morgan fingerprint density at radius 2 is 2.15 bits per heavy atom. The molecule has 2 aliphatic carbocycles. The van der Waals surface area contributed by atoms with Gasteiger partial charge in [-0.2, -0.15) is 5.26 Å². The third kappa shape index (κ3) is 4.32. The highest BCUT2D eigenvalue weighted by atomic mass is 32.2. The van der Waals surface area contributed by atoms with Crippen LogP contribution in [0.25, 0.3) is 0 Å². The third-order valence-corrected chi connectivity index (χ3v) is 6.36. The smallest absolute Gasteiger partial charge is 0.135 e. The van der Waals surface area contributed by atoms with Gasteiger partial charge in [-0.3, -0.25) is 9.71 Å². The predicted molar refractivity (Wildman–Crippen MR) is 107 cm³/mol. The fourth-order valence-corrected chi connectivity index (χ4v) is 4.61. The predicted octanol–water partition coefficient (Wildman–Crippen LogP) is 3.78. The van der Waals surface area contributed by atoms with Gasteiger partial charge in [-0.25, -0.2) is 4.39 Å². The first kappa shape index (κ1) is 19.4. The molecule has 6 unspecified atom stereocenters. The van der Waals surface area contributed by atoms with Gasteiger partial charge in [-0.05, 0) is 37.5 Å². The van der Waals surface area contributed by atoms with Crippen LogP contribution in [0.3, 0.4) is 0 Å². The molecule has 2 N–H and O–H groups in total. The fourth-order valence-electron chi connectivity index (χ4n) is 4.09. The summed E-state index contributed by atoms with van der Waals surface area (Å²) in [5.41, 5.74) is 1.54. The van der Waals surface area contributed by atoms with Crippen LogP contribution in [0.4, 0.5) is 4.39 Å². The van der Waals surface area contributed by atoms with Crippen LogP contribution in [0.1, 0.15) is 39.5 Å². The van der Waals surface area contributed by atoms with E-state index in [4.69, 9.17) is 0 Å². The van der Waals surface area contributed by atoms with Crippen molar-refractivity contribution in [1.82, 2.24) is 10.0 Å². The van der Waals surface area contributed by atoms with Gasteiger partial charge in [-0.1, -0.05) is 37.9 Å². The first-order valence-electron chi connectivity index (χ1n) is 9.78. The number of alkyl halides is 1. The molecule has 0 bridgehead atoms. The molecule has 142 valence electrons. The van der Waals surface area contributed by atoms with Gasteiger partial charge < -0.3 is 5.32 Å². The standard InChI is InChI=1S/C20H29FN4S/c1-3-17(12-24-26-4-2)25-19-9-14(8-16-11-23-20(16)19)13-5-6-18(21)15(7-13)10-22/h7,9,11,13-14,16-18,20,24-25H,3-6,8,12H2,1-2H3. The highest BCUT2D eigenvalue weighted by Crippen LogP contribution is 2.41. The average molecular weight is 377 g/mol. The summed E-state index contributed by atoms with van der Waals surface area (Å²) in [4.78, 5) is 4.57. The van der Waals surface area contributed by atoms with Crippen molar-refractivity contribution < 1.29 is 4.39 Å². The van der Waals surface area contributed by atoms with Gasteiger partial charge in [0.05, 0.1) is 17.7 Å². The molecule has 0 spiro atoms. The average Bonchev–Trinajstić information content (AvgIpc) is 2.62. The van der Waals surface area contributed by atoms with E-state index in [9.17, 15) is 9.65 Å². The molecule has 1 aliphatic heterocycles. The molecule has 0 aromatic carbocycles. The number of hydrogen-bond acceptors (Lipinski definition) is 5. The summed E-state index contributed by atoms with van der Waals surface area (Å²) in [6, 6.07) is 2.69. The largest absolute Gasteiger partial charge is 0.383 e. The van der Waals surface area contributed by atoms with Gasteiger partial charge in [-0.15, -0.1) is 0 Å². The van der Waals surface area contributed by atoms with Crippen LogP contribution in [0.2, 0.25) is 0 Å². The zero-order valence-corrected chi connectivity index (χ0v) is 16.4. The minimum atomic E-state index is -1.08. The molecular weight excluding hydrogens is 347 g/mol. The topological polar surface area (TPSA) is 60.2 Å². The van der Waals surface area contributed by atoms with Crippen molar-refractivity contribution in [3.63, 3.8) is 0 Å². The van der Waals surface area contributed by atoms with E-state index in [0.29, 0.717) is 29.9 Å². The molecule has 26 heavy (non-hydrogen) atoms. The lowest BCUT2D eigenvalue weighted by Gasteiger charge is -2.41. The number of hydrogen-bond donors (Lipinski definition) is 2. The van der Waals surface area contributed by atoms with E-state index in [1.807, 2.05) is 6.08 Å². The Kier molecular flexibility index (Phi) is 6.77. The summed E-state index contributed by atoms with van der Waals surface area (Å²) in [6.07, 6.45) is 8.58. The Morgan fingerprint density at radius 3 is 2.81 bits per heavy atom. The molecule has 0 saturated carbocycles. The summed E-state index contributed by atoms with van der Waals surface area (Å²) < 4.78 is 17.2. The van der Waals surface area contributed by atoms with Gasteiger partial charge in [0, 0.05) is 36.2 Å². The molecule has 0 aromatic rings. The second-order valence-electron chi connectivity index (χ2n) is 7.40. The van der Waals surface area contributed by atoms with E-state index in [2.05, 4.69) is 47.2 Å². The Balaban J connectivity index is 1.71. The van der Waals surface area contributed by atoms with Gasteiger partial charge in [0.2, 0.25) is 0 Å². The van der Waals surface area contributed by atoms with Gasteiger partial charge >= 0.3 is 0 Å². The van der Waals surface area contributed by atoms with Crippen LogP contribution >= 0.6 is 11.9 Å². The quantitative estimate of drug-likeness (QED) is 0.500. The molecule has 3 rings (SSSR count). The van der Waals surface area contributed by atoms with Crippen molar-refractivity contribution in [2.75, 3.05) is 12.3 Å². The third-order valence-electron chi connectivity index (χ3n) is 5.70. The van der Waals surface area contributed by atoms with Gasteiger partial charge in [0.15, 0.2) is 0 Å². The van der Waals surface area contributed by atoms with Crippen LogP contribution in [-0.4, -0.2) is 36.8 Å². The SMILES string of the molecule is CCSNCC(CC)NC1=CC(C2C=C(C#N)C(F)CC2)CC2C=NC12. The monoisotopic (exact) mass is 376 g/mol. The van der Waals surface area contributed by atoms with Gasteiger partial charge in [0.25, 0.3) is 0 Å². The van der Waals surface area contributed by atoms with Crippen LogP contribution < -0.4 is 10.0 Å². The molecule has 1 heterocycles. The molecule has 0 radical (unpaired) electrons. The maximum absolute atomic E-state index is 13.8. The van der Waals surface area contributed by atoms with Crippen LogP contribution in [-0.2, 0) is 0 Å². The normalized spacial score (nSPS) is 34.0. The lowest BCUT2D eigenvalue weighted by atomic mass is 9.71. The van der Waals surface area contributed by atoms with Crippen molar-refractivity contribution in [3.05, 3.63) is 23.4 Å². The molecule has 0 saturated heterocycles. The Bertz CT molecular complexity index is 624. The Labute approximate surface area is 160 Å². The van der Waals surface area contributed by atoms with Crippen LogP contribution in [0, 0.1) is 29.1 Å². The molecule has 6 heteroatoms. The zero-order chi connectivity index (χ0) is 18.5. The van der Waals surface area contributed by atoms with Crippen molar-refractivity contribution in [2.45, 2.75) is 57.8 Å². The maximum Gasteiger partial charge on any atom is 0.135 e. The van der Waals surface area contributed by atoms with E-state index in [0.717, 1.165) is 31.6 Å². The Morgan fingerprint density at radius 1 is 1.31 bits per heavy atom. The number of halogens is 1. The summed E-state index contributed by atoms with van der Waals surface area (Å²) in [5.74, 6) is 2.15. The van der Waals surface area contributed by atoms with Crippen molar-refractivity contribution in [3.8, 4) is 6.07 Å². The number of nitrogens with one attached hydrogen (secondary N) is 2. The number of nitrogens with zero attached hydrogens (tertiary/aromatic N) is 2. The minimum Gasteiger partial charge on any atom is -0.383 e. The molecule has 3 aliphatic rings. The minimum absolute atomic E-state index is 0.260. The van der Waals surface area contributed by atoms with Crippen LogP contribution in [0.5, 0.6) is 0 Å². The molecule has 6 atom stereocenters. The number of aliphatic imine (C=N–C) groups is 1. The maximum atomic E-state index is 13.8. The fraction of sp³-hybridized carbons (Fsp3) is 0.700. The van der Waals surface area contributed by atoms with E-state index in [-0.39, 0.29) is 12.0 Å². The van der Waals surface area contributed by atoms with Crippen molar-refractivity contribution >= 4 is 18.2 Å². The highest BCUT2D eigenvalue weighted by molar-refractivity contribution is 7.97. The summed E-state index contributed by atoms with van der Waals surface area (Å²) in [5, 5.41) is 12.9. The molecule has 0 fully saturated rings. The first-order chi connectivity index (χ1) is 12.7. The Hall–Kier alpha value is -1.32. The van der Waals surface area contributed by atoms with E-state index < -0.39 is 6.17 Å². The van der Waals surface area contributed by atoms with Gasteiger partial charge in [0.1, 0.15) is 6.17 Å². The second-order valence-corrected chi connectivity index (χ2v) is 8.56. The second kappa shape index (κ2) is 9.05. The van der Waals surface area contributed by atoms with E-state index in [1.54, 1.807) is 11.9 Å². The lowest BCUT2D eigenvalue weighted by Crippen LogP contribution is -2.46. The first-order valence-corrected chi connectivity index (χ1v) is 10.8. The van der Waals surface area contributed by atoms with Crippen molar-refractivity contribution in [1.29, 1.82) is 5.26 Å². The van der Waals surface area contributed by atoms with E-state index in [1.165, 1.54) is 5.70 Å². The molecular formula is C20H29FN4S. The number of nitriles is 1.